The maximum absolute atomic E-state index is 9.64. The number of hydrogen-bond donors (Lipinski definition) is 3. The summed E-state index contributed by atoms with van der Waals surface area (Å²) < 4.78 is 1.76. The van der Waals surface area contributed by atoms with Gasteiger partial charge in [-0.15, -0.1) is 5.10 Å². The summed E-state index contributed by atoms with van der Waals surface area (Å²) in [5, 5.41) is 30.0. The normalized spacial score (nSPS) is 18.3. The third-order valence-electron chi connectivity index (χ3n) is 4.19. The molecule has 1 aliphatic carbocycles. The topological polar surface area (TPSA) is 83.2 Å². The molecular weight excluding hydrogens is 256 g/mol. The van der Waals surface area contributed by atoms with Gasteiger partial charge >= 0.3 is 0 Å². The Bertz CT molecular complexity index is 388. The molecule has 0 atom stereocenters. The summed E-state index contributed by atoms with van der Waals surface area (Å²) in [4.78, 5) is 0. The monoisotopic (exact) mass is 282 g/mol. The van der Waals surface area contributed by atoms with E-state index in [2.05, 4.69) is 15.6 Å². The molecule has 0 aromatic carbocycles. The Morgan fingerprint density at radius 1 is 1.25 bits per heavy atom. The lowest BCUT2D eigenvalue weighted by atomic mass is 9.74. The molecule has 0 unspecified atom stereocenters. The van der Waals surface area contributed by atoms with Gasteiger partial charge in [0, 0.05) is 44.5 Å². The summed E-state index contributed by atoms with van der Waals surface area (Å²) in [6.45, 7) is 2.66. The van der Waals surface area contributed by atoms with Gasteiger partial charge in [-0.3, -0.25) is 4.68 Å². The molecule has 1 aromatic rings. The summed E-state index contributed by atoms with van der Waals surface area (Å²) in [6.07, 6.45) is 8.57. The molecule has 0 spiro atoms. The predicted octanol–water partition coefficient (Wildman–Crippen LogP) is 0.693. The molecule has 20 heavy (non-hydrogen) atoms. The van der Waals surface area contributed by atoms with Gasteiger partial charge in [-0.25, -0.2) is 0 Å². The van der Waals surface area contributed by atoms with E-state index in [4.69, 9.17) is 5.11 Å². The number of aliphatic hydroxyl groups is 2. The van der Waals surface area contributed by atoms with Crippen LogP contribution in [-0.2, 0) is 13.1 Å². The first-order valence-corrected chi connectivity index (χ1v) is 7.59. The predicted molar refractivity (Wildman–Crippen MR) is 76.0 cm³/mol. The van der Waals surface area contributed by atoms with Crippen molar-refractivity contribution in [3.8, 4) is 0 Å². The lowest BCUT2D eigenvalue weighted by Gasteiger charge is -2.35. The maximum atomic E-state index is 9.64. The number of aryl methyl sites for hydroxylation is 1. The molecule has 1 aromatic heterocycles. The fraction of sp³-hybridized carbons (Fsp3) is 0.857. The minimum atomic E-state index is 0.0606. The Morgan fingerprint density at radius 3 is 2.75 bits per heavy atom. The first-order valence-electron chi connectivity index (χ1n) is 7.59. The minimum Gasteiger partial charge on any atom is -0.396 e. The molecular formula is C14H26N4O2. The highest BCUT2D eigenvalue weighted by Crippen LogP contribution is 2.35. The summed E-state index contributed by atoms with van der Waals surface area (Å²) in [5.41, 5.74) is 0.970. The highest BCUT2D eigenvalue weighted by molar-refractivity contribution is 4.93. The maximum Gasteiger partial charge on any atom is 0.0964 e. The summed E-state index contributed by atoms with van der Waals surface area (Å²) in [6, 6.07) is 0. The summed E-state index contributed by atoms with van der Waals surface area (Å²) >= 11 is 0. The van der Waals surface area contributed by atoms with Crippen molar-refractivity contribution in [3.05, 3.63) is 11.9 Å². The molecule has 0 saturated heterocycles. The van der Waals surface area contributed by atoms with Gasteiger partial charge in [0.05, 0.1) is 5.69 Å². The Balaban J connectivity index is 1.75. The zero-order chi connectivity index (χ0) is 14.3. The Labute approximate surface area is 120 Å². The molecule has 1 saturated carbocycles. The molecule has 1 fully saturated rings. The van der Waals surface area contributed by atoms with Crippen molar-refractivity contribution in [3.63, 3.8) is 0 Å². The zero-order valence-electron chi connectivity index (χ0n) is 12.1. The molecule has 0 radical (unpaired) electrons. The molecule has 114 valence electrons. The first-order chi connectivity index (χ1) is 9.78. The second-order valence-electron chi connectivity index (χ2n) is 5.87. The standard InChI is InChI=1S/C14H26N4O2/c19-8-4-7-18-10-13(16-17-18)9-15-11-14(12-20)5-2-1-3-6-14/h10,15,19-20H,1-9,11-12H2. The lowest BCUT2D eigenvalue weighted by molar-refractivity contribution is 0.0810. The van der Waals surface area contributed by atoms with E-state index in [0.717, 1.165) is 25.1 Å². The van der Waals surface area contributed by atoms with Crippen molar-refractivity contribution in [2.75, 3.05) is 19.8 Å². The average Bonchev–Trinajstić information content (AvgIpc) is 2.94. The van der Waals surface area contributed by atoms with Gasteiger partial charge in [0.15, 0.2) is 0 Å². The first kappa shape index (κ1) is 15.4. The fourth-order valence-corrected chi connectivity index (χ4v) is 2.91. The molecule has 2 rings (SSSR count). The third kappa shape index (κ3) is 4.26. The number of rotatable bonds is 8. The molecule has 3 N–H and O–H groups in total. The molecule has 1 aliphatic rings. The van der Waals surface area contributed by atoms with Crippen LogP contribution in [0.25, 0.3) is 0 Å². The second kappa shape index (κ2) is 7.71. The number of nitrogens with zero attached hydrogens (tertiary/aromatic N) is 3. The van der Waals surface area contributed by atoms with Crippen LogP contribution < -0.4 is 5.32 Å². The van der Waals surface area contributed by atoms with Gasteiger partial charge in [0.25, 0.3) is 0 Å². The van der Waals surface area contributed by atoms with Gasteiger partial charge in [-0.05, 0) is 19.3 Å². The van der Waals surface area contributed by atoms with Crippen LogP contribution in [0, 0.1) is 5.41 Å². The van der Waals surface area contributed by atoms with Crippen LogP contribution in [0.3, 0.4) is 0 Å². The zero-order valence-corrected chi connectivity index (χ0v) is 12.1. The van der Waals surface area contributed by atoms with E-state index >= 15 is 0 Å². The molecule has 6 nitrogen and oxygen atoms in total. The smallest absolute Gasteiger partial charge is 0.0964 e. The third-order valence-corrected chi connectivity index (χ3v) is 4.19. The van der Waals surface area contributed by atoms with Crippen molar-refractivity contribution in [2.24, 2.45) is 5.41 Å². The van der Waals surface area contributed by atoms with Crippen LogP contribution in [0.5, 0.6) is 0 Å². The highest BCUT2D eigenvalue weighted by Gasteiger charge is 2.30. The van der Waals surface area contributed by atoms with Crippen LogP contribution in [0.1, 0.15) is 44.2 Å². The van der Waals surface area contributed by atoms with Crippen LogP contribution in [0.2, 0.25) is 0 Å². The van der Waals surface area contributed by atoms with Gasteiger partial charge in [-0.1, -0.05) is 24.5 Å². The van der Waals surface area contributed by atoms with E-state index in [1.807, 2.05) is 6.20 Å². The Morgan fingerprint density at radius 2 is 2.05 bits per heavy atom. The van der Waals surface area contributed by atoms with E-state index < -0.39 is 0 Å². The van der Waals surface area contributed by atoms with Crippen LogP contribution in [0.4, 0.5) is 0 Å². The number of hydrogen-bond acceptors (Lipinski definition) is 5. The van der Waals surface area contributed by atoms with Gasteiger partial charge in [0.2, 0.25) is 0 Å². The van der Waals surface area contributed by atoms with Crippen LogP contribution in [-0.4, -0.2) is 45.0 Å². The van der Waals surface area contributed by atoms with Crippen molar-refractivity contribution >= 4 is 0 Å². The molecule has 1 heterocycles. The quantitative estimate of drug-likeness (QED) is 0.653. The average molecular weight is 282 g/mol. The van der Waals surface area contributed by atoms with Crippen LogP contribution in [0.15, 0.2) is 6.20 Å². The second-order valence-corrected chi connectivity index (χ2v) is 5.87. The molecule has 6 heteroatoms. The summed E-state index contributed by atoms with van der Waals surface area (Å²) in [5.74, 6) is 0. The van der Waals surface area contributed by atoms with E-state index in [9.17, 15) is 5.11 Å². The fourth-order valence-electron chi connectivity index (χ4n) is 2.91. The molecule has 0 aliphatic heterocycles. The van der Waals surface area contributed by atoms with Gasteiger partial charge in [0.1, 0.15) is 0 Å². The molecule has 0 amide bonds. The summed E-state index contributed by atoms with van der Waals surface area (Å²) in [7, 11) is 0. The lowest BCUT2D eigenvalue weighted by Crippen LogP contribution is -2.38. The van der Waals surface area contributed by atoms with Crippen molar-refractivity contribution in [1.82, 2.24) is 20.3 Å². The largest absolute Gasteiger partial charge is 0.396 e. The number of aromatic nitrogens is 3. The van der Waals surface area contributed by atoms with E-state index in [-0.39, 0.29) is 18.6 Å². The molecule has 0 bridgehead atoms. The van der Waals surface area contributed by atoms with Crippen molar-refractivity contribution in [1.29, 1.82) is 0 Å². The SMILES string of the molecule is OCCCn1cc(CNCC2(CO)CCCCC2)nn1. The number of aliphatic hydroxyl groups excluding tert-OH is 2. The highest BCUT2D eigenvalue weighted by atomic mass is 16.3. The Hall–Kier alpha value is -0.980. The van der Waals surface area contributed by atoms with Crippen molar-refractivity contribution < 1.29 is 10.2 Å². The van der Waals surface area contributed by atoms with Crippen molar-refractivity contribution in [2.45, 2.75) is 51.6 Å². The van der Waals surface area contributed by atoms with Crippen LogP contribution >= 0.6 is 0 Å². The van der Waals surface area contributed by atoms with E-state index in [1.54, 1.807) is 4.68 Å². The van der Waals surface area contributed by atoms with E-state index in [1.165, 1.54) is 19.3 Å². The van der Waals surface area contributed by atoms with Gasteiger partial charge < -0.3 is 15.5 Å². The number of nitrogens with one attached hydrogen (secondary N) is 1. The Kier molecular flexibility index (Phi) is 5.94. The minimum absolute atomic E-state index is 0.0606. The van der Waals surface area contributed by atoms with Gasteiger partial charge in [-0.2, -0.15) is 0 Å². The van der Waals surface area contributed by atoms with E-state index in [0.29, 0.717) is 19.5 Å².